The fourth-order valence-corrected chi connectivity index (χ4v) is 4.15. The zero-order valence-electron chi connectivity index (χ0n) is 29.8. The minimum Gasteiger partial charge on any atom is -0.448 e. The van der Waals surface area contributed by atoms with E-state index in [1.165, 1.54) is 36.0 Å². The third-order valence-corrected chi connectivity index (χ3v) is 6.30. The van der Waals surface area contributed by atoms with Gasteiger partial charge in [-0.25, -0.2) is 9.59 Å². The second kappa shape index (κ2) is 16.9. The molecule has 2 N–H and O–H groups in total. The number of nitrogens with one attached hydrogen (secondary N) is 2. The van der Waals surface area contributed by atoms with Crippen LogP contribution in [0.15, 0.2) is 65.1 Å². The van der Waals surface area contributed by atoms with Crippen molar-refractivity contribution < 1.29 is 42.7 Å². The molecule has 0 saturated heterocycles. The van der Waals surface area contributed by atoms with E-state index in [1.54, 1.807) is 90.1 Å². The topological polar surface area (TPSA) is 165 Å². The minimum absolute atomic E-state index is 0.134. The lowest BCUT2D eigenvalue weighted by Gasteiger charge is -2.20. The number of hydrogen-bond donors (Lipinski definition) is 2. The monoisotopic (exact) mass is 696 g/mol. The molecule has 4 amide bonds. The number of carbonyl (C=O) groups excluding carboxylic acids is 6. The summed E-state index contributed by atoms with van der Waals surface area (Å²) in [6, 6.07) is 16.1. The van der Waals surface area contributed by atoms with Gasteiger partial charge < -0.3 is 23.7 Å². The van der Waals surface area contributed by atoms with Gasteiger partial charge in [0.1, 0.15) is 11.2 Å². The number of anilines is 2. The van der Waals surface area contributed by atoms with Crippen LogP contribution < -0.4 is 10.6 Å². The summed E-state index contributed by atoms with van der Waals surface area (Å²) in [5, 5.41) is 5.27. The largest absolute Gasteiger partial charge is 0.448 e. The van der Waals surface area contributed by atoms with Crippen LogP contribution in [0.4, 0.5) is 21.0 Å². The molecule has 0 bridgehead atoms. The van der Waals surface area contributed by atoms with E-state index in [4.69, 9.17) is 13.9 Å². The van der Waals surface area contributed by atoms with Gasteiger partial charge in [-0.1, -0.05) is 24.3 Å². The van der Waals surface area contributed by atoms with Crippen molar-refractivity contribution >= 4 is 46.9 Å². The van der Waals surface area contributed by atoms with E-state index in [0.29, 0.717) is 22.5 Å². The van der Waals surface area contributed by atoms with Gasteiger partial charge in [-0.3, -0.25) is 29.8 Å². The Hall–Kier alpha value is -6.34. The number of rotatable bonds is 8. The van der Waals surface area contributed by atoms with E-state index in [1.807, 2.05) is 0 Å². The molecule has 0 aliphatic rings. The Labute approximate surface area is 296 Å². The van der Waals surface area contributed by atoms with Crippen LogP contribution in [0.3, 0.4) is 0 Å². The molecule has 266 valence electrons. The Balaban J connectivity index is 1.54. The summed E-state index contributed by atoms with van der Waals surface area (Å²) in [4.78, 5) is 77.0. The number of nitrogens with zero attached hydrogens (tertiary/aromatic N) is 2. The van der Waals surface area contributed by atoms with Crippen molar-refractivity contribution in [3.05, 3.63) is 83.3 Å². The number of Topliss-reactive ketones (excluding diaryl/α,β-unsaturated/α-hetero) is 2. The summed E-state index contributed by atoms with van der Waals surface area (Å²) in [5.41, 5.74) is 1.01. The third-order valence-electron chi connectivity index (χ3n) is 6.30. The minimum atomic E-state index is -0.841. The van der Waals surface area contributed by atoms with Gasteiger partial charge in [0.25, 0.3) is 23.4 Å². The molecule has 13 heteroatoms. The fraction of sp³-hybridized carbons (Fsp3) is 0.316. The average molecular weight is 697 g/mol. The number of furan rings is 1. The Morgan fingerprint density at radius 2 is 0.980 bits per heavy atom. The molecular formula is C38H40N4O9. The maximum absolute atomic E-state index is 12.6. The van der Waals surface area contributed by atoms with Gasteiger partial charge in [0, 0.05) is 50.4 Å². The van der Waals surface area contributed by atoms with Crippen LogP contribution in [0, 0.1) is 23.7 Å². The first-order chi connectivity index (χ1) is 23.8. The summed E-state index contributed by atoms with van der Waals surface area (Å²) in [5.74, 6) is 5.35. The van der Waals surface area contributed by atoms with Crippen LogP contribution in [0.25, 0.3) is 0 Å². The molecule has 1 aromatic heterocycles. The van der Waals surface area contributed by atoms with E-state index < -0.39 is 46.8 Å². The standard InChI is InChI=1S/C38H40N4O9/c1-37(2,3)50-35(47)39-27-13-9-11-25(21-27)23-41(7)33(45)19-15-29(43)31-17-18-32(49-31)30(44)16-20-34(46)42(8)24-26-12-10-14-28(22-26)40-36(48)51-38(4,5)6/h9-14,17-18,21-22H,23-24H2,1-8H3,(H,39,47)(H,40,48). The lowest BCUT2D eigenvalue weighted by Crippen LogP contribution is -2.27. The van der Waals surface area contributed by atoms with Crippen LogP contribution >= 0.6 is 0 Å². The molecule has 0 saturated carbocycles. The molecule has 0 atom stereocenters. The highest BCUT2D eigenvalue weighted by atomic mass is 16.6. The van der Waals surface area contributed by atoms with Gasteiger partial charge in [-0.05, 0) is 101 Å². The second-order valence-corrected chi connectivity index (χ2v) is 13.3. The van der Waals surface area contributed by atoms with E-state index >= 15 is 0 Å². The highest BCUT2D eigenvalue weighted by molar-refractivity contribution is 6.13. The number of benzene rings is 2. The maximum atomic E-state index is 12.6. The van der Waals surface area contributed by atoms with Gasteiger partial charge >= 0.3 is 12.2 Å². The summed E-state index contributed by atoms with van der Waals surface area (Å²) >= 11 is 0. The summed E-state index contributed by atoms with van der Waals surface area (Å²) in [6.07, 6.45) is -1.23. The maximum Gasteiger partial charge on any atom is 0.412 e. The van der Waals surface area contributed by atoms with Gasteiger partial charge in [0.2, 0.25) is 0 Å². The van der Waals surface area contributed by atoms with E-state index in [9.17, 15) is 28.8 Å². The molecule has 0 radical (unpaired) electrons. The summed E-state index contributed by atoms with van der Waals surface area (Å²) < 4.78 is 15.8. The van der Waals surface area contributed by atoms with E-state index in [0.717, 1.165) is 0 Å². The van der Waals surface area contributed by atoms with Crippen LogP contribution in [0.1, 0.15) is 73.8 Å². The lowest BCUT2D eigenvalue weighted by molar-refractivity contribution is -0.125. The smallest absolute Gasteiger partial charge is 0.412 e. The first-order valence-electron chi connectivity index (χ1n) is 15.7. The highest BCUT2D eigenvalue weighted by Crippen LogP contribution is 2.17. The highest BCUT2D eigenvalue weighted by Gasteiger charge is 2.19. The normalized spacial score (nSPS) is 10.7. The van der Waals surface area contributed by atoms with Crippen molar-refractivity contribution in [2.75, 3.05) is 24.7 Å². The second-order valence-electron chi connectivity index (χ2n) is 13.3. The Kier molecular flexibility index (Phi) is 12.9. The van der Waals surface area contributed by atoms with Crippen LogP contribution in [-0.2, 0) is 32.2 Å². The van der Waals surface area contributed by atoms with Gasteiger partial charge in [0.15, 0.2) is 11.5 Å². The zero-order chi connectivity index (χ0) is 37.9. The van der Waals surface area contributed by atoms with E-state index in [-0.39, 0.29) is 24.6 Å². The third kappa shape index (κ3) is 13.6. The van der Waals surface area contributed by atoms with Crippen molar-refractivity contribution in [3.63, 3.8) is 0 Å². The predicted octanol–water partition coefficient (Wildman–Crippen LogP) is 5.66. The molecule has 0 aliphatic heterocycles. The number of amides is 4. The van der Waals surface area contributed by atoms with Gasteiger partial charge in [-0.2, -0.15) is 0 Å². The van der Waals surface area contributed by atoms with Crippen LogP contribution in [0.2, 0.25) is 0 Å². The Bertz CT molecular complexity index is 1800. The number of ether oxygens (including phenoxy) is 2. The first kappa shape index (κ1) is 39.1. The van der Waals surface area contributed by atoms with Crippen molar-refractivity contribution in [1.29, 1.82) is 0 Å². The average Bonchev–Trinajstić information content (AvgIpc) is 3.51. The Morgan fingerprint density at radius 1 is 0.608 bits per heavy atom. The van der Waals surface area contributed by atoms with Crippen LogP contribution in [-0.4, -0.2) is 70.7 Å². The molecule has 3 rings (SSSR count). The molecule has 0 unspecified atom stereocenters. The molecule has 51 heavy (non-hydrogen) atoms. The first-order valence-corrected chi connectivity index (χ1v) is 15.7. The number of ketones is 2. The zero-order valence-corrected chi connectivity index (χ0v) is 29.8. The number of carbonyl (C=O) groups is 6. The van der Waals surface area contributed by atoms with Crippen molar-refractivity contribution in [1.82, 2.24) is 9.80 Å². The molecule has 0 spiro atoms. The predicted molar refractivity (Wildman–Crippen MR) is 188 cm³/mol. The molecule has 0 aliphatic carbocycles. The molecule has 3 aromatic rings. The van der Waals surface area contributed by atoms with E-state index in [2.05, 4.69) is 34.3 Å². The molecular weight excluding hydrogens is 656 g/mol. The molecule has 1 heterocycles. The lowest BCUT2D eigenvalue weighted by atomic mass is 10.2. The molecule has 13 nitrogen and oxygen atoms in total. The van der Waals surface area contributed by atoms with Gasteiger partial charge in [-0.15, -0.1) is 0 Å². The Morgan fingerprint density at radius 3 is 1.33 bits per heavy atom. The quantitative estimate of drug-likeness (QED) is 0.172. The SMILES string of the molecule is CN(Cc1cccc(NC(=O)OC(C)(C)C)c1)C(=O)C#CC(=O)c1ccc(C(=O)C#CC(=O)N(C)Cc2cccc(NC(=O)OC(C)(C)C)c2)o1. The van der Waals surface area contributed by atoms with Crippen molar-refractivity contribution in [3.8, 4) is 23.7 Å². The van der Waals surface area contributed by atoms with Crippen LogP contribution in [0.5, 0.6) is 0 Å². The molecule has 2 aromatic carbocycles. The fourth-order valence-electron chi connectivity index (χ4n) is 4.15. The molecule has 0 fully saturated rings. The van der Waals surface area contributed by atoms with Crippen molar-refractivity contribution in [2.45, 2.75) is 65.8 Å². The van der Waals surface area contributed by atoms with Crippen molar-refractivity contribution in [2.24, 2.45) is 0 Å². The summed E-state index contributed by atoms with van der Waals surface area (Å²) in [6.45, 7) is 10.8. The number of hydrogen-bond acceptors (Lipinski definition) is 9. The van der Waals surface area contributed by atoms with Gasteiger partial charge in [0.05, 0.1) is 0 Å². The summed E-state index contributed by atoms with van der Waals surface area (Å²) in [7, 11) is 3.00.